The first kappa shape index (κ1) is 41.8. The summed E-state index contributed by atoms with van der Waals surface area (Å²) in [6.07, 6.45) is 6.16. The maximum Gasteiger partial charge on any atom is 0.303 e. The van der Waals surface area contributed by atoms with Crippen LogP contribution in [0.5, 0.6) is 5.75 Å². The molecule has 0 bridgehead atoms. The molecular weight excluding hydrogens is 588 g/mol. The van der Waals surface area contributed by atoms with E-state index in [1.165, 1.54) is 6.38 Å². The average Bonchev–Trinajstić information content (AvgIpc) is 3.30. The number of benzene rings is 2. The lowest BCUT2D eigenvalue weighted by Gasteiger charge is -2.46. The number of carboxylic acids is 1. The number of halogens is 1. The second-order valence-electron chi connectivity index (χ2n) is 11.8. The highest BCUT2D eigenvalue weighted by Gasteiger charge is 2.51. The van der Waals surface area contributed by atoms with Crippen molar-refractivity contribution in [3.8, 4) is 5.75 Å². The molecule has 4 rings (SSSR count). The van der Waals surface area contributed by atoms with E-state index in [-0.39, 0.29) is 28.9 Å². The number of hydrogen-bond donors (Lipinski definition) is 2. The van der Waals surface area contributed by atoms with Gasteiger partial charge in [-0.3, -0.25) is 19.4 Å². The minimum Gasteiger partial charge on any atom is -0.508 e. The number of aromatic hydroxyl groups is 1. The molecule has 45 heavy (non-hydrogen) atoms. The van der Waals surface area contributed by atoms with Gasteiger partial charge in [-0.1, -0.05) is 91.8 Å². The van der Waals surface area contributed by atoms with Crippen molar-refractivity contribution < 1.29 is 24.6 Å². The molecule has 1 fully saturated rings. The van der Waals surface area contributed by atoms with E-state index in [0.29, 0.717) is 29.2 Å². The average molecular weight is 645 g/mol. The number of Topliss-reactive ketones (excluding diaryl/α,β-unsaturated/α-hetero) is 1. The molecule has 7 nitrogen and oxygen atoms in total. The van der Waals surface area contributed by atoms with Gasteiger partial charge in [0.15, 0.2) is 5.78 Å². The second kappa shape index (κ2) is 20.0. The van der Waals surface area contributed by atoms with Crippen molar-refractivity contribution in [2.45, 2.75) is 119 Å². The molecule has 2 aliphatic rings. The molecule has 8 heteroatoms. The van der Waals surface area contributed by atoms with Crippen molar-refractivity contribution in [2.75, 3.05) is 6.38 Å². The minimum absolute atomic E-state index is 0.0259. The van der Waals surface area contributed by atoms with Gasteiger partial charge in [0.1, 0.15) is 17.1 Å². The number of phenolic OH excluding ortho intramolecular Hbond substituents is 1. The van der Waals surface area contributed by atoms with Crippen LogP contribution in [0.2, 0.25) is 0 Å². The Kier molecular flexibility index (Phi) is 18.6. The summed E-state index contributed by atoms with van der Waals surface area (Å²) >= 11 is 4.64. The number of carboxylic acid groups (broad SMARTS) is 1. The molecule has 2 aromatic carbocycles. The first-order valence-corrected chi connectivity index (χ1v) is 17.0. The number of alkyl halides is 1. The van der Waals surface area contributed by atoms with E-state index >= 15 is 0 Å². The number of ketones is 1. The Balaban J connectivity index is 0.00000141. The maximum atomic E-state index is 13.8. The summed E-state index contributed by atoms with van der Waals surface area (Å²) in [6.45, 7) is 20.3. The van der Waals surface area contributed by atoms with Gasteiger partial charge in [-0.05, 0) is 75.0 Å². The SMILES string of the molecule is CC.CC.CC(=O)c1ccc([C@@H](C)N2C(=O)C(c3cccc(O)c3)=NC23CCC(C(C)(C)C)CC3)cc1.CCCC(=O)O.CCl. The number of hydrogen-bond acceptors (Lipinski definition) is 5. The Bertz CT molecular complexity index is 1230. The monoisotopic (exact) mass is 644 g/mol. The van der Waals surface area contributed by atoms with Gasteiger partial charge in [0, 0.05) is 23.9 Å². The summed E-state index contributed by atoms with van der Waals surface area (Å²) in [4.78, 5) is 42.2. The highest BCUT2D eigenvalue weighted by Crippen LogP contribution is 2.49. The van der Waals surface area contributed by atoms with Gasteiger partial charge in [0.2, 0.25) is 0 Å². The highest BCUT2D eigenvalue weighted by molar-refractivity contribution is 6.46. The molecule has 1 spiro atoms. The number of phenols is 1. The van der Waals surface area contributed by atoms with Crippen molar-refractivity contribution in [1.29, 1.82) is 0 Å². The minimum atomic E-state index is -0.711. The lowest BCUT2D eigenvalue weighted by atomic mass is 9.69. The van der Waals surface area contributed by atoms with E-state index in [2.05, 4.69) is 32.4 Å². The van der Waals surface area contributed by atoms with E-state index in [0.717, 1.165) is 37.7 Å². The number of aliphatic imine (C=N–C) groups is 1. The summed E-state index contributed by atoms with van der Waals surface area (Å²) in [5, 5.41) is 17.9. The van der Waals surface area contributed by atoms with Crippen LogP contribution in [0.15, 0.2) is 53.5 Å². The van der Waals surface area contributed by atoms with Crippen LogP contribution in [0, 0.1) is 11.3 Å². The van der Waals surface area contributed by atoms with Crippen LogP contribution in [0.25, 0.3) is 0 Å². The summed E-state index contributed by atoms with van der Waals surface area (Å²) in [5.41, 5.74) is 2.36. The lowest BCUT2D eigenvalue weighted by molar-refractivity contribution is -0.137. The third kappa shape index (κ3) is 11.6. The van der Waals surface area contributed by atoms with Crippen LogP contribution in [-0.2, 0) is 9.59 Å². The highest BCUT2D eigenvalue weighted by atomic mass is 35.5. The van der Waals surface area contributed by atoms with Crippen molar-refractivity contribution in [2.24, 2.45) is 16.3 Å². The Morgan fingerprint density at radius 3 is 1.96 bits per heavy atom. The zero-order valence-corrected chi connectivity index (χ0v) is 30.2. The predicted molar refractivity (Wildman–Crippen MR) is 188 cm³/mol. The number of nitrogens with zero attached hydrogens (tertiary/aromatic N) is 2. The third-order valence-electron chi connectivity index (χ3n) is 7.97. The summed E-state index contributed by atoms with van der Waals surface area (Å²) < 4.78 is 0. The molecule has 0 saturated heterocycles. The molecule has 0 radical (unpaired) electrons. The van der Waals surface area contributed by atoms with Crippen LogP contribution in [0.1, 0.15) is 135 Å². The molecule has 2 aromatic rings. The van der Waals surface area contributed by atoms with Crippen LogP contribution in [0.4, 0.5) is 0 Å². The molecule has 0 unspecified atom stereocenters. The molecule has 0 aromatic heterocycles. The Hall–Kier alpha value is -3.19. The predicted octanol–water partition coefficient (Wildman–Crippen LogP) is 9.70. The molecule has 1 aliphatic carbocycles. The van der Waals surface area contributed by atoms with E-state index in [9.17, 15) is 19.5 Å². The van der Waals surface area contributed by atoms with Gasteiger partial charge in [0.25, 0.3) is 5.91 Å². The Labute approximate surface area is 277 Å². The standard InChI is InChI=1S/C28H34N2O3.C4H8O2.2C2H6.CH3Cl/c1-18(20-9-11-21(12-10-20)19(2)31)30-26(33)25(22-7-6-8-24(32)17-22)29-28(30)15-13-23(14-16-28)27(3,4)5;1-2-3-4(5)6;3*1-2/h6-12,17-18,23,32H,13-16H2,1-5H3;2-3H2,1H3,(H,5,6);2*1-2H3;1H3/t18-,23?,28?;;;;/m1..../s1. The van der Waals surface area contributed by atoms with Crippen molar-refractivity contribution in [3.63, 3.8) is 0 Å². The molecular formula is C37H57ClN2O5. The smallest absolute Gasteiger partial charge is 0.303 e. The van der Waals surface area contributed by atoms with Crippen molar-refractivity contribution in [3.05, 3.63) is 65.2 Å². The molecule has 1 amide bonds. The second-order valence-corrected chi connectivity index (χ2v) is 11.8. The maximum absolute atomic E-state index is 13.8. The number of aliphatic carboxylic acids is 1. The lowest BCUT2D eigenvalue weighted by Crippen LogP contribution is -2.50. The zero-order chi connectivity index (χ0) is 35.0. The molecule has 1 saturated carbocycles. The first-order chi connectivity index (χ1) is 21.3. The fraction of sp³-hybridized carbons (Fsp3) is 0.568. The van der Waals surface area contributed by atoms with E-state index in [1.807, 2.05) is 76.8 Å². The van der Waals surface area contributed by atoms with Gasteiger partial charge in [-0.2, -0.15) is 0 Å². The summed E-state index contributed by atoms with van der Waals surface area (Å²) in [7, 11) is 0. The molecule has 1 aliphatic heterocycles. The third-order valence-corrected chi connectivity index (χ3v) is 7.97. The van der Waals surface area contributed by atoms with Gasteiger partial charge in [-0.25, -0.2) is 0 Å². The molecule has 1 atom stereocenters. The van der Waals surface area contributed by atoms with Gasteiger partial charge < -0.3 is 15.1 Å². The molecule has 2 N–H and O–H groups in total. The van der Waals surface area contributed by atoms with Gasteiger partial charge in [-0.15, -0.1) is 11.6 Å². The zero-order valence-electron chi connectivity index (χ0n) is 29.4. The largest absolute Gasteiger partial charge is 0.508 e. The number of carbonyl (C=O) groups excluding carboxylic acids is 2. The fourth-order valence-corrected chi connectivity index (χ4v) is 5.65. The van der Waals surface area contributed by atoms with E-state index in [1.54, 1.807) is 25.1 Å². The quantitative estimate of drug-likeness (QED) is 0.240. The topological polar surface area (TPSA) is 107 Å². The fourth-order valence-electron chi connectivity index (χ4n) is 5.65. The number of rotatable bonds is 6. The molecule has 1 heterocycles. The Morgan fingerprint density at radius 1 is 1.02 bits per heavy atom. The van der Waals surface area contributed by atoms with Gasteiger partial charge >= 0.3 is 5.97 Å². The van der Waals surface area contributed by atoms with Crippen molar-refractivity contribution in [1.82, 2.24) is 4.90 Å². The van der Waals surface area contributed by atoms with Crippen LogP contribution in [-0.4, -0.2) is 50.5 Å². The number of amides is 1. The van der Waals surface area contributed by atoms with Crippen LogP contribution >= 0.6 is 11.6 Å². The van der Waals surface area contributed by atoms with Crippen LogP contribution in [0.3, 0.4) is 0 Å². The Morgan fingerprint density at radius 2 is 1.56 bits per heavy atom. The first-order valence-electron chi connectivity index (χ1n) is 16.2. The summed E-state index contributed by atoms with van der Waals surface area (Å²) in [6, 6.07) is 14.1. The normalized spacial score (nSPS) is 19.2. The summed E-state index contributed by atoms with van der Waals surface area (Å²) in [5.74, 6) is -0.0709. The van der Waals surface area contributed by atoms with Crippen LogP contribution < -0.4 is 0 Å². The van der Waals surface area contributed by atoms with Gasteiger partial charge in [0.05, 0.1) is 6.04 Å². The van der Waals surface area contributed by atoms with E-state index in [4.69, 9.17) is 10.1 Å². The van der Waals surface area contributed by atoms with Crippen molar-refractivity contribution >= 4 is 35.0 Å². The number of carbonyl (C=O) groups is 3. The van der Waals surface area contributed by atoms with E-state index < -0.39 is 11.6 Å². The molecule has 252 valence electrons.